The number of ether oxygens (including phenoxy) is 3. The minimum Gasteiger partial charge on any atom is -0.479 e. The Morgan fingerprint density at radius 1 is 0.950 bits per heavy atom. The Bertz CT molecular complexity index is 279. The van der Waals surface area contributed by atoms with Gasteiger partial charge in [0.15, 0.2) is 12.2 Å². The Kier molecular flexibility index (Phi) is 11.0. The van der Waals surface area contributed by atoms with Gasteiger partial charge in [-0.15, -0.1) is 0 Å². The molecule has 0 bridgehead atoms. The van der Waals surface area contributed by atoms with Crippen LogP contribution in [0.4, 0.5) is 0 Å². The lowest BCUT2D eigenvalue weighted by Crippen LogP contribution is -2.44. The van der Waals surface area contributed by atoms with E-state index in [1.807, 2.05) is 0 Å². The predicted molar refractivity (Wildman–Crippen MR) is 73.6 cm³/mol. The first-order chi connectivity index (χ1) is 9.58. The molecule has 0 saturated heterocycles. The molecule has 0 radical (unpaired) electrons. The molecule has 20 heavy (non-hydrogen) atoms. The molecule has 0 aliphatic rings. The molecule has 2 unspecified atom stereocenters. The van der Waals surface area contributed by atoms with Crippen LogP contribution in [0.5, 0.6) is 0 Å². The summed E-state index contributed by atoms with van der Waals surface area (Å²) in [6.07, 6.45) is 1.39. The fraction of sp³-hybridized carbons (Fsp3) is 0.857. The molecule has 0 rings (SSSR count). The molecule has 0 spiro atoms. The molecule has 6 nitrogen and oxygen atoms in total. The van der Waals surface area contributed by atoms with Gasteiger partial charge in [0.25, 0.3) is 0 Å². The lowest BCUT2D eigenvalue weighted by Gasteiger charge is -2.22. The molecule has 0 aliphatic carbocycles. The molecule has 0 fully saturated rings. The van der Waals surface area contributed by atoms with Crippen LogP contribution in [0.1, 0.15) is 46.5 Å². The lowest BCUT2D eigenvalue weighted by atomic mass is 10.2. The molecule has 6 heteroatoms. The Balaban J connectivity index is 4.39. The number of carbonyl (C=O) groups excluding carboxylic acids is 1. The number of hydrogen-bond donors (Lipinski definition) is 1. The van der Waals surface area contributed by atoms with Gasteiger partial charge in [-0.1, -0.05) is 26.2 Å². The fourth-order valence-electron chi connectivity index (χ4n) is 1.71. The summed E-state index contributed by atoms with van der Waals surface area (Å²) in [7, 11) is 0. The van der Waals surface area contributed by atoms with Gasteiger partial charge in [-0.3, -0.25) is 0 Å². The highest BCUT2D eigenvalue weighted by molar-refractivity contribution is 5.84. The quantitative estimate of drug-likeness (QED) is 0.437. The minimum atomic E-state index is -1.33. The Labute approximate surface area is 120 Å². The molecular formula is C14H26O6. The molecule has 0 heterocycles. The number of carbonyl (C=O) groups is 2. The first kappa shape index (κ1) is 18.9. The van der Waals surface area contributed by atoms with E-state index in [0.717, 1.165) is 25.7 Å². The monoisotopic (exact) mass is 290 g/mol. The van der Waals surface area contributed by atoms with Gasteiger partial charge in [0, 0.05) is 13.2 Å². The summed E-state index contributed by atoms with van der Waals surface area (Å²) in [6.45, 7) is 6.12. The van der Waals surface area contributed by atoms with Crippen molar-refractivity contribution in [3.05, 3.63) is 0 Å². The van der Waals surface area contributed by atoms with Crippen LogP contribution in [-0.4, -0.2) is 49.1 Å². The second kappa shape index (κ2) is 11.7. The van der Waals surface area contributed by atoms with Crippen LogP contribution in [0, 0.1) is 0 Å². The zero-order valence-electron chi connectivity index (χ0n) is 12.6. The van der Waals surface area contributed by atoms with Crippen LogP contribution < -0.4 is 0 Å². The van der Waals surface area contributed by atoms with Gasteiger partial charge in [-0.2, -0.15) is 0 Å². The second-order valence-electron chi connectivity index (χ2n) is 4.32. The third-order valence-corrected chi connectivity index (χ3v) is 2.69. The fourth-order valence-corrected chi connectivity index (χ4v) is 1.71. The Morgan fingerprint density at radius 3 is 2.05 bits per heavy atom. The standard InChI is InChI=1S/C14H26O6/c1-4-7-8-9-10-20-14(17)12(19-6-3)11(13(15)16)18-5-2/h11-12H,4-10H2,1-3H3,(H,15,16). The molecule has 0 aromatic rings. The van der Waals surface area contributed by atoms with Crippen LogP contribution in [0.3, 0.4) is 0 Å². The van der Waals surface area contributed by atoms with Crippen molar-refractivity contribution in [3.63, 3.8) is 0 Å². The van der Waals surface area contributed by atoms with Gasteiger partial charge in [-0.05, 0) is 20.3 Å². The van der Waals surface area contributed by atoms with E-state index in [4.69, 9.17) is 19.3 Å². The molecule has 0 saturated carbocycles. The largest absolute Gasteiger partial charge is 0.479 e. The molecule has 2 atom stereocenters. The minimum absolute atomic E-state index is 0.185. The summed E-state index contributed by atoms with van der Waals surface area (Å²) in [5.41, 5.74) is 0. The van der Waals surface area contributed by atoms with Gasteiger partial charge >= 0.3 is 11.9 Å². The summed E-state index contributed by atoms with van der Waals surface area (Å²) in [5, 5.41) is 9.08. The molecule has 0 aliphatic heterocycles. The SMILES string of the molecule is CCCCCCOC(=O)C(OCC)C(OCC)C(=O)O. The third-order valence-electron chi connectivity index (χ3n) is 2.69. The lowest BCUT2D eigenvalue weighted by molar-refractivity contribution is -0.179. The maximum Gasteiger partial charge on any atom is 0.338 e. The number of esters is 1. The Hall–Kier alpha value is -1.14. The van der Waals surface area contributed by atoms with Gasteiger partial charge in [0.05, 0.1) is 6.61 Å². The van der Waals surface area contributed by atoms with Crippen LogP contribution in [0.2, 0.25) is 0 Å². The summed E-state index contributed by atoms with van der Waals surface area (Å²) in [5.74, 6) is -1.91. The van der Waals surface area contributed by atoms with E-state index in [1.54, 1.807) is 13.8 Å². The second-order valence-corrected chi connectivity index (χ2v) is 4.32. The van der Waals surface area contributed by atoms with Gasteiger partial charge < -0.3 is 19.3 Å². The van der Waals surface area contributed by atoms with E-state index in [2.05, 4.69) is 6.92 Å². The van der Waals surface area contributed by atoms with Crippen molar-refractivity contribution in [2.75, 3.05) is 19.8 Å². The highest BCUT2D eigenvalue weighted by Gasteiger charge is 2.36. The van der Waals surface area contributed by atoms with E-state index >= 15 is 0 Å². The van der Waals surface area contributed by atoms with Gasteiger partial charge in [-0.25, -0.2) is 9.59 Å². The van der Waals surface area contributed by atoms with Crippen molar-refractivity contribution in [1.82, 2.24) is 0 Å². The van der Waals surface area contributed by atoms with Gasteiger partial charge in [0.2, 0.25) is 0 Å². The number of hydrogen-bond acceptors (Lipinski definition) is 5. The molecule has 0 aromatic carbocycles. The van der Waals surface area contributed by atoms with E-state index in [0.29, 0.717) is 0 Å². The zero-order chi connectivity index (χ0) is 15.4. The number of rotatable bonds is 12. The Morgan fingerprint density at radius 2 is 1.55 bits per heavy atom. The average Bonchev–Trinajstić information content (AvgIpc) is 2.42. The van der Waals surface area contributed by atoms with E-state index in [9.17, 15) is 9.59 Å². The van der Waals surface area contributed by atoms with Crippen molar-refractivity contribution >= 4 is 11.9 Å². The zero-order valence-corrected chi connectivity index (χ0v) is 12.6. The molecule has 118 valence electrons. The predicted octanol–water partition coefficient (Wildman–Crippen LogP) is 2.00. The summed E-state index contributed by atoms with van der Waals surface area (Å²) in [4.78, 5) is 23.0. The van der Waals surface area contributed by atoms with Gasteiger partial charge in [0.1, 0.15) is 0 Å². The maximum absolute atomic E-state index is 11.9. The first-order valence-corrected chi connectivity index (χ1v) is 7.21. The van der Waals surface area contributed by atoms with E-state index in [1.165, 1.54) is 0 Å². The number of unbranched alkanes of at least 4 members (excludes halogenated alkanes) is 3. The van der Waals surface area contributed by atoms with E-state index < -0.39 is 24.1 Å². The third kappa shape index (κ3) is 7.45. The van der Waals surface area contributed by atoms with Crippen LogP contribution in [0.25, 0.3) is 0 Å². The van der Waals surface area contributed by atoms with Crippen LogP contribution in [-0.2, 0) is 23.8 Å². The highest BCUT2D eigenvalue weighted by atomic mass is 16.6. The maximum atomic E-state index is 11.9. The van der Waals surface area contributed by atoms with Crippen molar-refractivity contribution in [2.45, 2.75) is 58.7 Å². The van der Waals surface area contributed by atoms with Crippen molar-refractivity contribution < 1.29 is 28.9 Å². The number of carboxylic acid groups (broad SMARTS) is 1. The van der Waals surface area contributed by atoms with E-state index in [-0.39, 0.29) is 19.8 Å². The van der Waals surface area contributed by atoms with Crippen LogP contribution >= 0.6 is 0 Å². The highest BCUT2D eigenvalue weighted by Crippen LogP contribution is 2.09. The molecular weight excluding hydrogens is 264 g/mol. The molecule has 0 aromatic heterocycles. The topological polar surface area (TPSA) is 82.1 Å². The van der Waals surface area contributed by atoms with Crippen LogP contribution in [0.15, 0.2) is 0 Å². The van der Waals surface area contributed by atoms with Crippen molar-refractivity contribution in [2.24, 2.45) is 0 Å². The summed E-state index contributed by atoms with van der Waals surface area (Å²) >= 11 is 0. The molecule has 1 N–H and O–H groups in total. The smallest absolute Gasteiger partial charge is 0.338 e. The summed E-state index contributed by atoms with van der Waals surface area (Å²) < 4.78 is 15.3. The average molecular weight is 290 g/mol. The van der Waals surface area contributed by atoms with Crippen molar-refractivity contribution in [1.29, 1.82) is 0 Å². The number of carboxylic acids is 1. The molecule has 0 amide bonds. The number of aliphatic carboxylic acids is 1. The summed E-state index contributed by atoms with van der Waals surface area (Å²) in [6, 6.07) is 0. The normalized spacial score (nSPS) is 13.8. The van der Waals surface area contributed by atoms with Crippen molar-refractivity contribution in [3.8, 4) is 0 Å². The first-order valence-electron chi connectivity index (χ1n) is 7.21.